The molecule has 2 unspecified atom stereocenters. The lowest BCUT2D eigenvalue weighted by Gasteiger charge is -2.41. The van der Waals surface area contributed by atoms with Crippen molar-refractivity contribution < 1.29 is 14.3 Å². The molecule has 7 nitrogen and oxygen atoms in total. The van der Waals surface area contributed by atoms with Crippen molar-refractivity contribution in [1.29, 1.82) is 5.26 Å². The number of amides is 2. The Hall–Kier alpha value is -2.85. The van der Waals surface area contributed by atoms with Gasteiger partial charge in [0.2, 0.25) is 0 Å². The van der Waals surface area contributed by atoms with Crippen LogP contribution in [0, 0.1) is 42.4 Å². The monoisotopic (exact) mass is 508 g/mol. The van der Waals surface area contributed by atoms with Crippen molar-refractivity contribution in [2.45, 2.75) is 59.8 Å². The highest BCUT2D eigenvalue weighted by atomic mass is 16.5. The molecule has 0 aromatic heterocycles. The third kappa shape index (κ3) is 6.93. The van der Waals surface area contributed by atoms with Crippen molar-refractivity contribution in [2.75, 3.05) is 47.0 Å². The molecule has 0 bridgehead atoms. The minimum atomic E-state index is -0.268. The van der Waals surface area contributed by atoms with Crippen LogP contribution in [0.4, 0.5) is 4.79 Å². The first-order valence-corrected chi connectivity index (χ1v) is 13.4. The van der Waals surface area contributed by atoms with Gasteiger partial charge in [0.25, 0.3) is 0 Å². The van der Waals surface area contributed by atoms with Gasteiger partial charge in [-0.25, -0.2) is 9.79 Å². The summed E-state index contributed by atoms with van der Waals surface area (Å²) in [5, 5.41) is 9.27. The standard InChI is InChI=1S/C30H44N4O3/c1-8-27(30(4,5)20-36-6)32-28(37-7)26-16-25(24-10-9-21(2)22(3)15-24)18-34(19-26)29(35)33-13-11-23(17-31)12-14-33/h8-10,15,23,25-26H,11-14,16,18-20H2,1-7H3/b27-8+,32-28?. The van der Waals surface area contributed by atoms with Gasteiger partial charge in [-0.1, -0.05) is 38.1 Å². The molecule has 37 heavy (non-hydrogen) atoms. The number of piperidine rings is 2. The molecule has 0 aliphatic carbocycles. The predicted molar refractivity (Wildman–Crippen MR) is 148 cm³/mol. The summed E-state index contributed by atoms with van der Waals surface area (Å²) in [6, 6.07) is 9.03. The number of ether oxygens (including phenoxy) is 2. The number of rotatable bonds is 6. The number of allylic oxidation sites excluding steroid dienone is 1. The van der Waals surface area contributed by atoms with Gasteiger partial charge in [0.1, 0.15) is 0 Å². The van der Waals surface area contributed by atoms with E-state index in [4.69, 9.17) is 14.5 Å². The Morgan fingerprint density at radius 1 is 1.16 bits per heavy atom. The predicted octanol–water partition coefficient (Wildman–Crippen LogP) is 5.69. The number of urea groups is 1. The number of aryl methyl sites for hydroxylation is 2. The number of nitrogens with zero attached hydrogens (tertiary/aromatic N) is 4. The largest absolute Gasteiger partial charge is 0.484 e. The topological polar surface area (TPSA) is 78.2 Å². The van der Waals surface area contributed by atoms with E-state index in [0.717, 1.165) is 25.0 Å². The molecule has 1 aromatic rings. The molecule has 0 saturated carbocycles. The molecule has 2 atom stereocenters. The van der Waals surface area contributed by atoms with Gasteiger partial charge in [0.05, 0.1) is 25.7 Å². The van der Waals surface area contributed by atoms with Crippen molar-refractivity contribution in [3.8, 4) is 6.07 Å². The lowest BCUT2D eigenvalue weighted by atomic mass is 9.83. The quantitative estimate of drug-likeness (QED) is 0.366. The summed E-state index contributed by atoms with van der Waals surface area (Å²) in [5.41, 5.74) is 4.41. The number of benzene rings is 1. The Bertz CT molecular complexity index is 1050. The molecule has 2 heterocycles. The van der Waals surface area contributed by atoms with Crippen molar-refractivity contribution >= 4 is 11.9 Å². The number of carbonyl (C=O) groups excluding carboxylic acids is 1. The summed E-state index contributed by atoms with van der Waals surface area (Å²) >= 11 is 0. The molecule has 2 amide bonds. The van der Waals surface area contributed by atoms with E-state index in [1.54, 1.807) is 14.2 Å². The van der Waals surface area contributed by atoms with E-state index < -0.39 is 0 Å². The zero-order valence-electron chi connectivity index (χ0n) is 23.7. The van der Waals surface area contributed by atoms with Gasteiger partial charge in [-0.05, 0) is 56.7 Å². The molecule has 0 N–H and O–H groups in total. The first-order valence-electron chi connectivity index (χ1n) is 13.4. The van der Waals surface area contributed by atoms with Gasteiger partial charge >= 0.3 is 6.03 Å². The van der Waals surface area contributed by atoms with E-state index in [-0.39, 0.29) is 29.2 Å². The number of methoxy groups -OCH3 is 2. The third-order valence-electron chi connectivity index (χ3n) is 7.93. The fraction of sp³-hybridized carbons (Fsp3) is 0.633. The maximum Gasteiger partial charge on any atom is 0.320 e. The van der Waals surface area contributed by atoms with Crippen LogP contribution < -0.4 is 0 Å². The molecule has 0 radical (unpaired) electrons. The van der Waals surface area contributed by atoms with Gasteiger partial charge in [-0.3, -0.25) is 0 Å². The Balaban J connectivity index is 1.92. The van der Waals surface area contributed by atoms with E-state index in [2.05, 4.69) is 52.0 Å². The zero-order valence-corrected chi connectivity index (χ0v) is 23.7. The van der Waals surface area contributed by atoms with E-state index in [0.29, 0.717) is 38.7 Å². The highest BCUT2D eigenvalue weighted by Crippen LogP contribution is 2.35. The molecule has 7 heteroatoms. The van der Waals surface area contributed by atoms with Crippen molar-refractivity contribution in [3.63, 3.8) is 0 Å². The minimum absolute atomic E-state index is 0.0285. The number of hydrogen-bond acceptors (Lipinski definition) is 5. The summed E-state index contributed by atoms with van der Waals surface area (Å²) in [6.07, 6.45) is 4.36. The van der Waals surface area contributed by atoms with Crippen LogP contribution in [0.2, 0.25) is 0 Å². The van der Waals surface area contributed by atoms with Gasteiger partial charge in [-0.2, -0.15) is 5.26 Å². The number of carbonyl (C=O) groups is 1. The lowest BCUT2D eigenvalue weighted by molar-refractivity contribution is 0.115. The maximum absolute atomic E-state index is 13.7. The Morgan fingerprint density at radius 2 is 1.86 bits per heavy atom. The van der Waals surface area contributed by atoms with Gasteiger partial charge in [0.15, 0.2) is 5.90 Å². The van der Waals surface area contributed by atoms with Crippen LogP contribution >= 0.6 is 0 Å². The zero-order chi connectivity index (χ0) is 27.2. The highest BCUT2D eigenvalue weighted by Gasteiger charge is 2.37. The summed E-state index contributed by atoms with van der Waals surface area (Å²) in [5.74, 6) is 0.856. The Morgan fingerprint density at radius 3 is 2.43 bits per heavy atom. The van der Waals surface area contributed by atoms with E-state index in [1.165, 1.54) is 16.7 Å². The SMILES string of the molecule is C/C=C(/N=C(OC)C1CC(c2ccc(C)c(C)c2)CN(C(=O)N2CCC(C#N)CC2)C1)C(C)(C)COC. The van der Waals surface area contributed by atoms with Gasteiger partial charge in [-0.15, -0.1) is 0 Å². The van der Waals surface area contributed by atoms with E-state index in [9.17, 15) is 10.1 Å². The van der Waals surface area contributed by atoms with Crippen LogP contribution in [-0.4, -0.2) is 68.7 Å². The van der Waals surface area contributed by atoms with E-state index >= 15 is 0 Å². The minimum Gasteiger partial charge on any atom is -0.484 e. The lowest BCUT2D eigenvalue weighted by Crippen LogP contribution is -2.52. The second-order valence-corrected chi connectivity index (χ2v) is 11.2. The van der Waals surface area contributed by atoms with Crippen LogP contribution in [0.5, 0.6) is 0 Å². The smallest absolute Gasteiger partial charge is 0.320 e. The van der Waals surface area contributed by atoms with Crippen LogP contribution in [0.3, 0.4) is 0 Å². The average molecular weight is 509 g/mol. The highest BCUT2D eigenvalue weighted by molar-refractivity contribution is 5.82. The van der Waals surface area contributed by atoms with Gasteiger partial charge < -0.3 is 19.3 Å². The number of hydrogen-bond donors (Lipinski definition) is 0. The average Bonchev–Trinajstić information content (AvgIpc) is 2.90. The first kappa shape index (κ1) is 28.7. The van der Waals surface area contributed by atoms with Crippen molar-refractivity contribution in [3.05, 3.63) is 46.7 Å². The Kier molecular flexibility index (Phi) is 9.78. The fourth-order valence-corrected chi connectivity index (χ4v) is 5.56. The molecule has 2 aliphatic rings. The van der Waals surface area contributed by atoms with Crippen LogP contribution in [-0.2, 0) is 9.47 Å². The molecule has 0 spiro atoms. The number of nitriles is 1. The normalized spacial score (nSPS) is 22.1. The molecule has 1 aromatic carbocycles. The number of likely N-dealkylation sites (tertiary alicyclic amines) is 2. The fourth-order valence-electron chi connectivity index (χ4n) is 5.56. The van der Waals surface area contributed by atoms with Crippen LogP contribution in [0.15, 0.2) is 35.0 Å². The Labute approximate surface area is 223 Å². The summed E-state index contributed by atoms with van der Waals surface area (Å²) in [4.78, 5) is 22.6. The first-order chi connectivity index (χ1) is 17.6. The van der Waals surface area contributed by atoms with Gasteiger partial charge in [0, 0.05) is 56.2 Å². The van der Waals surface area contributed by atoms with Crippen molar-refractivity contribution in [1.82, 2.24) is 9.80 Å². The second-order valence-electron chi connectivity index (χ2n) is 11.2. The molecule has 202 valence electrons. The molecule has 2 saturated heterocycles. The molecular weight excluding hydrogens is 464 g/mol. The van der Waals surface area contributed by atoms with Crippen LogP contribution in [0.25, 0.3) is 0 Å². The maximum atomic E-state index is 13.7. The molecule has 3 rings (SSSR count). The summed E-state index contributed by atoms with van der Waals surface area (Å²) < 4.78 is 11.4. The van der Waals surface area contributed by atoms with Crippen molar-refractivity contribution in [2.24, 2.45) is 22.2 Å². The third-order valence-corrected chi connectivity index (χ3v) is 7.93. The summed E-state index contributed by atoms with van der Waals surface area (Å²) in [7, 11) is 3.38. The molecule has 2 aliphatic heterocycles. The van der Waals surface area contributed by atoms with Crippen LogP contribution in [0.1, 0.15) is 62.6 Å². The molecule has 2 fully saturated rings. The second kappa shape index (κ2) is 12.6. The summed E-state index contributed by atoms with van der Waals surface area (Å²) in [6.45, 7) is 13.5. The molecular formula is C30H44N4O3. The number of aliphatic imine (C=N–C) groups is 1. The van der Waals surface area contributed by atoms with E-state index in [1.807, 2.05) is 22.8 Å².